The maximum atomic E-state index is 14.0. The van der Waals surface area contributed by atoms with Crippen LogP contribution >= 0.6 is 0 Å². The molecule has 0 saturated heterocycles. The van der Waals surface area contributed by atoms with Crippen LogP contribution in [0.1, 0.15) is 56.9 Å². The lowest BCUT2D eigenvalue weighted by molar-refractivity contribution is -0.0103. The summed E-state index contributed by atoms with van der Waals surface area (Å²) in [4.78, 5) is 3.56. The number of fused-ring (bicyclic) bond motifs is 1. The topological polar surface area (TPSA) is 9.23 Å². The molecule has 2 aromatic rings. The van der Waals surface area contributed by atoms with Crippen molar-refractivity contribution in [2.45, 2.75) is 51.4 Å². The summed E-state index contributed by atoms with van der Waals surface area (Å²) >= 11 is 0. The SMILES string of the molecule is CCCC1CCC(c2ccc3c(F)c(OF)ccc3c2)CC1. The zero-order valence-corrected chi connectivity index (χ0v) is 12.9. The Morgan fingerprint density at radius 1 is 1.09 bits per heavy atom. The number of hydrogen-bond acceptors (Lipinski definition) is 1. The summed E-state index contributed by atoms with van der Waals surface area (Å²) in [7, 11) is 0. The van der Waals surface area contributed by atoms with Crippen LogP contribution in [0.3, 0.4) is 0 Å². The van der Waals surface area contributed by atoms with E-state index in [1.165, 1.54) is 50.2 Å². The van der Waals surface area contributed by atoms with E-state index in [1.807, 2.05) is 12.1 Å². The minimum Gasteiger partial charge on any atom is -0.291 e. The largest absolute Gasteiger partial charge is 0.291 e. The Kier molecular flexibility index (Phi) is 4.60. The highest BCUT2D eigenvalue weighted by Gasteiger charge is 2.22. The van der Waals surface area contributed by atoms with Gasteiger partial charge in [-0.25, -0.2) is 4.39 Å². The van der Waals surface area contributed by atoms with E-state index in [0.29, 0.717) is 11.3 Å². The van der Waals surface area contributed by atoms with Crippen molar-refractivity contribution in [2.24, 2.45) is 5.92 Å². The highest BCUT2D eigenvalue weighted by atomic mass is 19.3. The Balaban J connectivity index is 1.81. The summed E-state index contributed by atoms with van der Waals surface area (Å²) in [6.45, 7) is 2.25. The minimum atomic E-state index is -0.627. The predicted octanol–water partition coefficient (Wildman–Crippen LogP) is 6.32. The molecule has 1 fully saturated rings. The first-order valence-electron chi connectivity index (χ1n) is 8.23. The molecule has 118 valence electrons. The molecule has 3 heteroatoms. The fraction of sp³-hybridized carbons (Fsp3) is 0.474. The Hall–Kier alpha value is -1.64. The Morgan fingerprint density at radius 3 is 2.55 bits per heavy atom. The van der Waals surface area contributed by atoms with Gasteiger partial charge in [-0.2, -0.15) is 0 Å². The lowest BCUT2D eigenvalue weighted by atomic mass is 9.77. The van der Waals surface area contributed by atoms with Gasteiger partial charge in [0.15, 0.2) is 5.82 Å². The van der Waals surface area contributed by atoms with E-state index in [9.17, 15) is 8.92 Å². The van der Waals surface area contributed by atoms with Crippen LogP contribution in [-0.4, -0.2) is 0 Å². The van der Waals surface area contributed by atoms with Gasteiger partial charge in [0.2, 0.25) is 5.75 Å². The third kappa shape index (κ3) is 2.94. The molecular weight excluding hydrogens is 282 g/mol. The molecule has 22 heavy (non-hydrogen) atoms. The van der Waals surface area contributed by atoms with Gasteiger partial charge < -0.3 is 0 Å². The highest BCUT2D eigenvalue weighted by molar-refractivity contribution is 5.85. The van der Waals surface area contributed by atoms with Gasteiger partial charge in [0.25, 0.3) is 0 Å². The normalized spacial score (nSPS) is 22.0. The smallest absolute Gasteiger partial charge is 0.208 e. The molecule has 1 saturated carbocycles. The molecule has 3 rings (SSSR count). The van der Waals surface area contributed by atoms with Gasteiger partial charge in [0.05, 0.1) is 0 Å². The van der Waals surface area contributed by atoms with E-state index in [4.69, 9.17) is 0 Å². The van der Waals surface area contributed by atoms with Crippen molar-refractivity contribution in [1.82, 2.24) is 0 Å². The van der Waals surface area contributed by atoms with E-state index >= 15 is 0 Å². The van der Waals surface area contributed by atoms with E-state index in [1.54, 1.807) is 12.1 Å². The average Bonchev–Trinajstić information content (AvgIpc) is 2.56. The molecule has 0 amide bonds. The second-order valence-electron chi connectivity index (χ2n) is 6.44. The number of benzene rings is 2. The first-order chi connectivity index (χ1) is 10.7. The second kappa shape index (κ2) is 6.64. The van der Waals surface area contributed by atoms with Gasteiger partial charge in [-0.1, -0.05) is 44.0 Å². The van der Waals surface area contributed by atoms with Crippen molar-refractivity contribution >= 4 is 10.8 Å². The standard InChI is InChI=1S/C19H22F2O/c1-2-3-13-4-6-14(7-5-13)15-8-10-17-16(12-15)9-11-18(22-21)19(17)20/h8-14H,2-7H2,1H3. The summed E-state index contributed by atoms with van der Waals surface area (Å²) in [6, 6.07) is 8.85. The van der Waals surface area contributed by atoms with Crippen LogP contribution in [0.15, 0.2) is 30.3 Å². The molecule has 1 nitrogen and oxygen atoms in total. The molecule has 0 atom stereocenters. The Labute approximate surface area is 130 Å². The van der Waals surface area contributed by atoms with Gasteiger partial charge in [-0.05, 0) is 54.5 Å². The molecule has 0 bridgehead atoms. The molecule has 0 aromatic heterocycles. The third-order valence-corrected chi connectivity index (χ3v) is 5.04. The minimum absolute atomic E-state index is 0.347. The molecule has 1 aliphatic rings. The number of hydrogen-bond donors (Lipinski definition) is 0. The van der Waals surface area contributed by atoms with Crippen LogP contribution < -0.4 is 4.94 Å². The molecule has 0 N–H and O–H groups in total. The van der Waals surface area contributed by atoms with Gasteiger partial charge >= 0.3 is 0 Å². The molecule has 1 aliphatic carbocycles. The van der Waals surface area contributed by atoms with Crippen molar-refractivity contribution in [1.29, 1.82) is 0 Å². The van der Waals surface area contributed by atoms with Crippen LogP contribution in [0.5, 0.6) is 5.75 Å². The zero-order valence-electron chi connectivity index (χ0n) is 12.9. The van der Waals surface area contributed by atoms with Gasteiger partial charge in [0.1, 0.15) is 0 Å². The van der Waals surface area contributed by atoms with E-state index in [-0.39, 0.29) is 5.75 Å². The second-order valence-corrected chi connectivity index (χ2v) is 6.44. The maximum absolute atomic E-state index is 14.0. The van der Waals surface area contributed by atoms with Crippen molar-refractivity contribution in [2.75, 3.05) is 0 Å². The predicted molar refractivity (Wildman–Crippen MR) is 85.2 cm³/mol. The maximum Gasteiger partial charge on any atom is 0.208 e. The van der Waals surface area contributed by atoms with Crippen LogP contribution in [-0.2, 0) is 0 Å². The van der Waals surface area contributed by atoms with Crippen molar-refractivity contribution in [3.05, 3.63) is 41.7 Å². The molecule has 0 spiro atoms. The Bertz CT molecular complexity index is 645. The van der Waals surface area contributed by atoms with Crippen LogP contribution in [0.2, 0.25) is 0 Å². The highest BCUT2D eigenvalue weighted by Crippen LogP contribution is 2.39. The summed E-state index contributed by atoms with van der Waals surface area (Å²) in [5, 5.41) is 1.23. The van der Waals surface area contributed by atoms with Crippen LogP contribution in [0.4, 0.5) is 8.92 Å². The summed E-state index contributed by atoms with van der Waals surface area (Å²) in [5.41, 5.74) is 1.27. The Morgan fingerprint density at radius 2 is 1.86 bits per heavy atom. The summed E-state index contributed by atoms with van der Waals surface area (Å²) < 4.78 is 26.3. The number of rotatable bonds is 4. The lowest BCUT2D eigenvalue weighted by Gasteiger charge is -2.28. The molecule has 0 unspecified atom stereocenters. The van der Waals surface area contributed by atoms with Crippen molar-refractivity contribution in [3.8, 4) is 5.75 Å². The van der Waals surface area contributed by atoms with Crippen LogP contribution in [0, 0.1) is 11.7 Å². The fourth-order valence-electron chi connectivity index (χ4n) is 3.80. The van der Waals surface area contributed by atoms with E-state index in [0.717, 1.165) is 11.3 Å². The summed E-state index contributed by atoms with van der Waals surface area (Å²) in [6.07, 6.45) is 7.61. The van der Waals surface area contributed by atoms with Gasteiger partial charge in [-0.3, -0.25) is 4.94 Å². The molecule has 2 aromatic carbocycles. The first-order valence-corrected chi connectivity index (χ1v) is 8.23. The zero-order chi connectivity index (χ0) is 15.5. The van der Waals surface area contributed by atoms with Gasteiger partial charge in [0, 0.05) is 9.91 Å². The summed E-state index contributed by atoms with van der Waals surface area (Å²) in [5.74, 6) is 0.472. The van der Waals surface area contributed by atoms with Gasteiger partial charge in [-0.15, -0.1) is 0 Å². The molecular formula is C19H22F2O. The molecule has 0 aliphatic heterocycles. The van der Waals surface area contributed by atoms with Crippen molar-refractivity contribution in [3.63, 3.8) is 0 Å². The quantitative estimate of drug-likeness (QED) is 0.642. The average molecular weight is 304 g/mol. The lowest BCUT2D eigenvalue weighted by Crippen LogP contribution is -2.13. The molecule has 0 heterocycles. The third-order valence-electron chi connectivity index (χ3n) is 5.04. The van der Waals surface area contributed by atoms with E-state index < -0.39 is 5.82 Å². The fourth-order valence-corrected chi connectivity index (χ4v) is 3.80. The van der Waals surface area contributed by atoms with Crippen LogP contribution in [0.25, 0.3) is 10.8 Å². The van der Waals surface area contributed by atoms with E-state index in [2.05, 4.69) is 11.9 Å². The number of halogens is 2. The monoisotopic (exact) mass is 304 g/mol. The molecule has 0 radical (unpaired) electrons. The van der Waals surface area contributed by atoms with Crippen molar-refractivity contribution < 1.29 is 13.9 Å². The first kappa shape index (κ1) is 15.3.